The molecule has 0 saturated carbocycles. The molecule has 0 unspecified atom stereocenters. The fraction of sp³-hybridized carbons (Fsp3) is 0. The van der Waals surface area contributed by atoms with Gasteiger partial charge in [-0.05, 0) is 0 Å². The van der Waals surface area contributed by atoms with Crippen molar-refractivity contribution < 1.29 is 41.5 Å². The molecule has 10 heterocycles. The van der Waals surface area contributed by atoms with Crippen molar-refractivity contribution >= 4 is 100 Å². The van der Waals surface area contributed by atoms with Gasteiger partial charge in [0.1, 0.15) is 45.2 Å². The van der Waals surface area contributed by atoms with Crippen molar-refractivity contribution in [2.24, 2.45) is 0 Å². The Kier molecular flexibility index (Phi) is 11.5. The number of nitrogens with one attached hydrogen (secondary N) is 4. The summed E-state index contributed by atoms with van der Waals surface area (Å²) in [6, 6.07) is 56.5. The predicted octanol–water partition coefficient (Wildman–Crippen LogP) is 10.5. The molecule has 0 amide bonds. The first-order chi connectivity index (χ1) is 42.2. The average molecular weight is 1160 g/mol. The van der Waals surface area contributed by atoms with Crippen molar-refractivity contribution in [1.82, 2.24) is 79.7 Å². The quantitative estimate of drug-likeness (QED) is 0.117. The van der Waals surface area contributed by atoms with Crippen molar-refractivity contribution in [1.29, 1.82) is 0 Å². The van der Waals surface area contributed by atoms with Gasteiger partial charge in [-0.1, -0.05) is 182 Å². The van der Waals surface area contributed by atoms with Crippen LogP contribution >= 0.6 is 0 Å². The number of nitrogens with zero attached hydrogens (tertiary/aromatic N) is 12. The third-order valence-corrected chi connectivity index (χ3v) is 15.6. The average Bonchev–Trinajstić information content (AvgIpc) is 1.98. The summed E-state index contributed by atoms with van der Waals surface area (Å²) in [6.07, 6.45) is 0. The summed E-state index contributed by atoms with van der Waals surface area (Å²) in [5, 5.41) is 29.9. The molecule has 21 heteroatoms. The minimum Gasteiger partial charge on any atom is -0.545 e. The Morgan fingerprint density at radius 3 is 0.678 bits per heavy atom. The second kappa shape index (κ2) is 19.6. The van der Waals surface area contributed by atoms with E-state index in [9.17, 15) is 19.8 Å². The Morgan fingerprint density at radius 2 is 0.437 bits per heavy atom. The maximum Gasteiger partial charge on any atom is 2.00 e. The van der Waals surface area contributed by atoms with E-state index in [1.807, 2.05) is 146 Å². The number of benzene rings is 8. The van der Waals surface area contributed by atoms with E-state index in [0.29, 0.717) is 113 Å². The Bertz CT molecular complexity index is 5370. The van der Waals surface area contributed by atoms with Crippen LogP contribution in [0.25, 0.3) is 179 Å². The number of hydrogen-bond donors (Lipinski definition) is 4. The molecular weight excluding hydrogens is 1130 g/mol. The number of carboxylic acids is 2. The molecule has 16 bridgehead atoms. The molecule has 4 aliphatic heterocycles. The van der Waals surface area contributed by atoms with E-state index >= 15 is 0 Å². The van der Waals surface area contributed by atoms with Gasteiger partial charge in [-0.15, -0.1) is 0 Å². The predicted molar refractivity (Wildman–Crippen MR) is 321 cm³/mol. The summed E-state index contributed by atoms with van der Waals surface area (Å²) >= 11 is 0. The maximum absolute atomic E-state index is 12.2. The van der Waals surface area contributed by atoms with Crippen molar-refractivity contribution in [3.63, 3.8) is 0 Å². The van der Waals surface area contributed by atoms with Gasteiger partial charge in [-0.3, -0.25) is 0 Å². The fourth-order valence-electron chi connectivity index (χ4n) is 11.7. The van der Waals surface area contributed by atoms with E-state index in [0.717, 1.165) is 66.1 Å². The molecule has 0 radical (unpaired) electrons. The van der Waals surface area contributed by atoms with E-state index in [-0.39, 0.29) is 32.8 Å². The van der Waals surface area contributed by atoms with Crippen LogP contribution in [0, 0.1) is 0 Å². The topological polar surface area (TPSA) is 298 Å². The number of carbonyl (C=O) groups is 2. The Labute approximate surface area is 502 Å². The molecular formula is C66H34N16O4Ti. The normalized spacial score (nSPS) is 11.8. The molecule has 4 aliphatic rings. The summed E-state index contributed by atoms with van der Waals surface area (Å²) in [5.41, 5.74) is 10.2. The molecule has 4 N–H and O–H groups in total. The fourth-order valence-corrected chi connectivity index (χ4v) is 11.7. The second-order valence-corrected chi connectivity index (χ2v) is 20.5. The summed E-state index contributed by atoms with van der Waals surface area (Å²) in [7, 11) is 0. The minimum atomic E-state index is -1.32. The molecule has 0 spiro atoms. The van der Waals surface area contributed by atoms with Gasteiger partial charge in [-0.2, -0.15) is 0 Å². The molecule has 0 fully saturated rings. The molecule has 0 atom stereocenters. The molecule has 8 aromatic carbocycles. The SMILES string of the molecule is O=C([O-])c1cccc2c3nc4nc(nc5[nH]c(nc6nc(nc([nH]3)c12)-c1ccccc1-6)c1ccccc51)-c1ccccc1-4.O=C([O-])c1cccc2c3nc4nc(nc5[nH]c(nc6nc(nc([nH]3)c12)-c1ccccc1-6)c1ccccc51)-c1ccccc1-4.[Ti+2]. The minimum absolute atomic E-state index is 0. The molecule has 6 aromatic heterocycles. The molecule has 0 aliphatic carbocycles. The maximum atomic E-state index is 12.2. The second-order valence-electron chi connectivity index (χ2n) is 20.5. The van der Waals surface area contributed by atoms with Crippen LogP contribution in [0.2, 0.25) is 0 Å². The number of hydrogen-bond acceptors (Lipinski definition) is 16. The first-order valence-corrected chi connectivity index (χ1v) is 27.1. The summed E-state index contributed by atoms with van der Waals surface area (Å²) in [6.45, 7) is 0. The van der Waals surface area contributed by atoms with Gasteiger partial charge < -0.3 is 39.7 Å². The number of aromatic carboxylic acids is 2. The van der Waals surface area contributed by atoms with E-state index in [2.05, 4.69) is 19.9 Å². The third kappa shape index (κ3) is 8.11. The monoisotopic (exact) mass is 1160 g/mol. The van der Waals surface area contributed by atoms with Crippen LogP contribution in [0.3, 0.4) is 0 Å². The van der Waals surface area contributed by atoms with Crippen molar-refractivity contribution in [2.45, 2.75) is 0 Å². The number of aromatic nitrogens is 16. The smallest absolute Gasteiger partial charge is 0.545 e. The zero-order valence-electron chi connectivity index (χ0n) is 44.8. The van der Waals surface area contributed by atoms with Gasteiger partial charge in [0.25, 0.3) is 0 Å². The number of carboxylic acid groups (broad SMARTS) is 2. The Hall–Kier alpha value is -11.9. The standard InChI is InChI=1S/2C33H18N8O2.Ti/c2*42-33(43)23-15-7-14-22-24(23)32-40-30-21-13-6-5-12-20(21)28(38-30)36-26-17-9-2-1-8-16(17)25(34-26)35-27-18-10-3-4-11-19(18)29(37-27)39-31(22)41-32;/h2*1-15H,(H,42,43)(H2,34,35,36,37,38,39,40,41);/q;;+2/p-2. The van der Waals surface area contributed by atoms with Crippen molar-refractivity contribution in [3.05, 3.63) is 193 Å². The van der Waals surface area contributed by atoms with Crippen LogP contribution < -0.4 is 10.2 Å². The number of H-pyrrole nitrogens is 4. The van der Waals surface area contributed by atoms with Gasteiger partial charge in [0, 0.05) is 98.7 Å². The zero-order valence-corrected chi connectivity index (χ0v) is 46.4. The van der Waals surface area contributed by atoms with Crippen molar-refractivity contribution in [2.75, 3.05) is 0 Å². The van der Waals surface area contributed by atoms with E-state index in [1.54, 1.807) is 24.3 Å². The van der Waals surface area contributed by atoms with Crippen LogP contribution in [-0.2, 0) is 21.7 Å². The van der Waals surface area contributed by atoms with Gasteiger partial charge in [0.15, 0.2) is 46.6 Å². The van der Waals surface area contributed by atoms with Crippen LogP contribution in [0.5, 0.6) is 0 Å². The van der Waals surface area contributed by atoms with Crippen molar-refractivity contribution in [3.8, 4) is 91.1 Å². The van der Waals surface area contributed by atoms with Gasteiger partial charge >= 0.3 is 21.7 Å². The van der Waals surface area contributed by atoms with E-state index < -0.39 is 11.9 Å². The molecule has 0 saturated heterocycles. The number of aromatic amines is 4. The third-order valence-electron chi connectivity index (χ3n) is 15.6. The van der Waals surface area contributed by atoms with Crippen LogP contribution in [-0.4, -0.2) is 91.7 Å². The summed E-state index contributed by atoms with van der Waals surface area (Å²) in [5.74, 6) is 0.965. The largest absolute Gasteiger partial charge is 2.00 e. The summed E-state index contributed by atoms with van der Waals surface area (Å²) < 4.78 is 0. The molecule has 406 valence electrons. The molecule has 87 heavy (non-hydrogen) atoms. The summed E-state index contributed by atoms with van der Waals surface area (Å²) in [4.78, 5) is 96.4. The molecule has 18 rings (SSSR count). The molecule has 14 aromatic rings. The first kappa shape index (κ1) is 50.8. The van der Waals surface area contributed by atoms with E-state index in [1.165, 1.54) is 12.1 Å². The van der Waals surface area contributed by atoms with Gasteiger partial charge in [-0.25, -0.2) is 59.8 Å². The molecule has 20 nitrogen and oxygen atoms in total. The van der Waals surface area contributed by atoms with Crippen LogP contribution in [0.15, 0.2) is 182 Å². The number of fused-ring (bicyclic) bond motifs is 40. The zero-order chi connectivity index (χ0) is 57.3. The van der Waals surface area contributed by atoms with Gasteiger partial charge in [0.2, 0.25) is 0 Å². The van der Waals surface area contributed by atoms with Crippen LogP contribution in [0.1, 0.15) is 20.7 Å². The van der Waals surface area contributed by atoms with Gasteiger partial charge in [0.05, 0.1) is 11.9 Å². The first-order valence-electron chi connectivity index (χ1n) is 27.1. The van der Waals surface area contributed by atoms with E-state index in [4.69, 9.17) is 59.8 Å². The number of carbonyl (C=O) groups excluding carboxylic acids is 2. The van der Waals surface area contributed by atoms with Crippen LogP contribution in [0.4, 0.5) is 0 Å². The Balaban J connectivity index is 0.000000139. The number of rotatable bonds is 2. The Morgan fingerprint density at radius 1 is 0.241 bits per heavy atom.